The zero-order valence-electron chi connectivity index (χ0n) is 12.7. The molecule has 0 radical (unpaired) electrons. The van der Waals surface area contributed by atoms with E-state index < -0.39 is 0 Å². The topological polar surface area (TPSA) is 50.3 Å². The van der Waals surface area contributed by atoms with E-state index in [0.717, 1.165) is 25.1 Å². The lowest BCUT2D eigenvalue weighted by atomic mass is 10.1. The van der Waals surface area contributed by atoms with Crippen LogP contribution in [0.3, 0.4) is 0 Å². The highest BCUT2D eigenvalue weighted by molar-refractivity contribution is 5.32. The second-order valence-electron chi connectivity index (χ2n) is 5.36. The van der Waals surface area contributed by atoms with Gasteiger partial charge in [0.2, 0.25) is 11.8 Å². The first-order valence-corrected chi connectivity index (χ1v) is 7.72. The second kappa shape index (κ2) is 8.04. The Kier molecular flexibility index (Phi) is 6.05. The van der Waals surface area contributed by atoms with Crippen molar-refractivity contribution < 1.29 is 4.74 Å². The van der Waals surface area contributed by atoms with Crippen LogP contribution in [0.5, 0.6) is 5.88 Å². The van der Waals surface area contributed by atoms with Gasteiger partial charge in [-0.05, 0) is 39.3 Å². The minimum absolute atomic E-state index is 0.658. The Morgan fingerprint density at radius 1 is 1.30 bits per heavy atom. The summed E-state index contributed by atoms with van der Waals surface area (Å²) < 4.78 is 5.83. The molecule has 1 fully saturated rings. The molecule has 0 amide bonds. The third-order valence-corrected chi connectivity index (χ3v) is 3.55. The molecule has 0 saturated carbocycles. The van der Waals surface area contributed by atoms with Crippen molar-refractivity contribution in [2.75, 3.05) is 38.1 Å². The van der Waals surface area contributed by atoms with Crippen molar-refractivity contribution in [2.24, 2.45) is 0 Å². The lowest BCUT2D eigenvalue weighted by molar-refractivity contribution is 0.180. The van der Waals surface area contributed by atoms with Gasteiger partial charge in [0.1, 0.15) is 6.61 Å². The Balaban J connectivity index is 1.81. The van der Waals surface area contributed by atoms with Gasteiger partial charge in [-0.25, -0.2) is 4.98 Å². The van der Waals surface area contributed by atoms with Gasteiger partial charge in [0.25, 0.3) is 0 Å². The predicted octanol–water partition coefficient (Wildman–Crippen LogP) is 2.47. The van der Waals surface area contributed by atoms with Crippen molar-refractivity contribution in [1.82, 2.24) is 14.9 Å². The molecule has 20 heavy (non-hydrogen) atoms. The third-order valence-electron chi connectivity index (χ3n) is 3.55. The molecule has 112 valence electrons. The average molecular weight is 278 g/mol. The lowest BCUT2D eigenvalue weighted by Crippen LogP contribution is -2.33. The first-order valence-electron chi connectivity index (χ1n) is 7.72. The molecule has 1 saturated heterocycles. The van der Waals surface area contributed by atoms with Gasteiger partial charge in [0.05, 0.1) is 0 Å². The van der Waals surface area contributed by atoms with Crippen LogP contribution in [0.4, 0.5) is 5.95 Å². The Morgan fingerprint density at radius 2 is 2.10 bits per heavy atom. The molecule has 2 rings (SSSR count). The number of aryl methyl sites for hydroxylation is 1. The first kappa shape index (κ1) is 15.0. The molecule has 1 aromatic heterocycles. The molecule has 5 heteroatoms. The van der Waals surface area contributed by atoms with Gasteiger partial charge in [0, 0.05) is 24.8 Å². The number of piperidine rings is 1. The van der Waals surface area contributed by atoms with E-state index in [-0.39, 0.29) is 0 Å². The van der Waals surface area contributed by atoms with E-state index in [1.807, 2.05) is 13.1 Å². The molecule has 0 bridgehead atoms. The van der Waals surface area contributed by atoms with E-state index >= 15 is 0 Å². The fourth-order valence-corrected chi connectivity index (χ4v) is 2.35. The molecule has 0 aromatic carbocycles. The van der Waals surface area contributed by atoms with Crippen molar-refractivity contribution in [2.45, 2.75) is 39.5 Å². The highest BCUT2D eigenvalue weighted by atomic mass is 16.5. The second-order valence-corrected chi connectivity index (χ2v) is 5.36. The monoisotopic (exact) mass is 278 g/mol. The Labute approximate surface area is 121 Å². The molecule has 0 aliphatic carbocycles. The lowest BCUT2D eigenvalue weighted by Gasteiger charge is -2.26. The van der Waals surface area contributed by atoms with Crippen LogP contribution in [0.2, 0.25) is 0 Å². The maximum absolute atomic E-state index is 5.83. The summed E-state index contributed by atoms with van der Waals surface area (Å²) in [5.74, 6) is 1.36. The summed E-state index contributed by atoms with van der Waals surface area (Å²) in [5, 5.41) is 3.19. The van der Waals surface area contributed by atoms with Crippen LogP contribution in [0.1, 0.15) is 38.2 Å². The van der Waals surface area contributed by atoms with Crippen molar-refractivity contribution in [3.05, 3.63) is 11.8 Å². The van der Waals surface area contributed by atoms with Crippen LogP contribution >= 0.6 is 0 Å². The summed E-state index contributed by atoms with van der Waals surface area (Å²) >= 11 is 0. The number of hydrogen-bond acceptors (Lipinski definition) is 5. The molecule has 0 spiro atoms. The molecule has 0 atom stereocenters. The SMILES string of the molecule is CCCNc1ncc(C)c(OCCN2CCCCC2)n1. The smallest absolute Gasteiger partial charge is 0.225 e. The van der Waals surface area contributed by atoms with Gasteiger partial charge >= 0.3 is 0 Å². The van der Waals surface area contributed by atoms with E-state index in [9.17, 15) is 0 Å². The van der Waals surface area contributed by atoms with E-state index in [0.29, 0.717) is 18.4 Å². The number of nitrogens with one attached hydrogen (secondary N) is 1. The average Bonchev–Trinajstić information content (AvgIpc) is 2.49. The van der Waals surface area contributed by atoms with Crippen LogP contribution in [0, 0.1) is 6.92 Å². The number of anilines is 1. The van der Waals surface area contributed by atoms with E-state index in [1.54, 1.807) is 0 Å². The number of nitrogens with zero attached hydrogens (tertiary/aromatic N) is 3. The summed E-state index contributed by atoms with van der Waals surface area (Å²) in [6.07, 6.45) is 6.88. The third kappa shape index (κ3) is 4.63. The van der Waals surface area contributed by atoms with Crippen LogP contribution < -0.4 is 10.1 Å². The van der Waals surface area contributed by atoms with Gasteiger partial charge in [0.15, 0.2) is 0 Å². The maximum Gasteiger partial charge on any atom is 0.225 e. The zero-order valence-corrected chi connectivity index (χ0v) is 12.7. The number of aromatic nitrogens is 2. The highest BCUT2D eigenvalue weighted by Gasteiger charge is 2.10. The fraction of sp³-hybridized carbons (Fsp3) is 0.733. The van der Waals surface area contributed by atoms with Gasteiger partial charge < -0.3 is 10.1 Å². The van der Waals surface area contributed by atoms with Gasteiger partial charge in [-0.1, -0.05) is 13.3 Å². The summed E-state index contributed by atoms with van der Waals surface area (Å²) in [7, 11) is 0. The molecule has 1 aliphatic heterocycles. The van der Waals surface area contributed by atoms with E-state index in [2.05, 4.69) is 27.1 Å². The van der Waals surface area contributed by atoms with Gasteiger partial charge in [-0.15, -0.1) is 0 Å². The molecular formula is C15H26N4O. The van der Waals surface area contributed by atoms with Gasteiger partial charge in [-0.3, -0.25) is 4.90 Å². The van der Waals surface area contributed by atoms with Crippen molar-refractivity contribution in [3.63, 3.8) is 0 Å². The molecule has 0 unspecified atom stereocenters. The summed E-state index contributed by atoms with van der Waals surface area (Å²) in [6.45, 7) is 9.09. The summed E-state index contributed by atoms with van der Waals surface area (Å²) in [6, 6.07) is 0. The fourth-order valence-electron chi connectivity index (χ4n) is 2.35. The number of likely N-dealkylation sites (tertiary alicyclic amines) is 1. The van der Waals surface area contributed by atoms with Crippen molar-refractivity contribution >= 4 is 5.95 Å². The van der Waals surface area contributed by atoms with Crippen molar-refractivity contribution in [1.29, 1.82) is 0 Å². The first-order chi connectivity index (χ1) is 9.79. The standard InChI is InChI=1S/C15H26N4O/c1-3-7-16-15-17-12-13(2)14(18-15)20-11-10-19-8-5-4-6-9-19/h12H,3-11H2,1-2H3,(H,16,17,18). The molecule has 2 heterocycles. The Morgan fingerprint density at radius 3 is 2.85 bits per heavy atom. The van der Waals surface area contributed by atoms with Crippen molar-refractivity contribution in [3.8, 4) is 5.88 Å². The molecular weight excluding hydrogens is 252 g/mol. The Hall–Kier alpha value is -1.36. The highest BCUT2D eigenvalue weighted by Crippen LogP contribution is 2.15. The molecule has 1 aliphatic rings. The minimum atomic E-state index is 0.658. The number of ether oxygens (including phenoxy) is 1. The Bertz CT molecular complexity index is 405. The molecule has 1 aromatic rings. The van der Waals surface area contributed by atoms with Crippen LogP contribution in [0.15, 0.2) is 6.20 Å². The number of rotatable bonds is 7. The predicted molar refractivity (Wildman–Crippen MR) is 81.3 cm³/mol. The van der Waals surface area contributed by atoms with Crippen LogP contribution in [-0.2, 0) is 0 Å². The molecule has 5 nitrogen and oxygen atoms in total. The molecule has 1 N–H and O–H groups in total. The van der Waals surface area contributed by atoms with Gasteiger partial charge in [-0.2, -0.15) is 4.98 Å². The normalized spacial score (nSPS) is 16.1. The van der Waals surface area contributed by atoms with E-state index in [1.165, 1.54) is 32.4 Å². The quantitative estimate of drug-likeness (QED) is 0.830. The zero-order chi connectivity index (χ0) is 14.2. The van der Waals surface area contributed by atoms with Crippen LogP contribution in [-0.4, -0.2) is 47.7 Å². The number of hydrogen-bond donors (Lipinski definition) is 1. The maximum atomic E-state index is 5.83. The van der Waals surface area contributed by atoms with Crippen LogP contribution in [0.25, 0.3) is 0 Å². The largest absolute Gasteiger partial charge is 0.476 e. The summed E-state index contributed by atoms with van der Waals surface area (Å²) in [4.78, 5) is 11.2. The summed E-state index contributed by atoms with van der Waals surface area (Å²) in [5.41, 5.74) is 0.991. The van der Waals surface area contributed by atoms with E-state index in [4.69, 9.17) is 4.74 Å². The minimum Gasteiger partial charge on any atom is -0.476 e.